The van der Waals surface area contributed by atoms with E-state index >= 15 is 0 Å². The molecule has 0 saturated heterocycles. The van der Waals surface area contributed by atoms with E-state index in [1.54, 1.807) is 0 Å². The van der Waals surface area contributed by atoms with Gasteiger partial charge in [0, 0.05) is 0 Å². The molecule has 17 heavy (non-hydrogen) atoms. The zero-order valence-corrected chi connectivity index (χ0v) is 12.3. The molecule has 0 aromatic heterocycles. The Kier molecular flexibility index (Phi) is 3.71. The molecule has 0 amide bonds. The quantitative estimate of drug-likeness (QED) is 0.761. The van der Waals surface area contributed by atoms with Gasteiger partial charge in [-0.25, -0.2) is 0 Å². The van der Waals surface area contributed by atoms with E-state index in [4.69, 9.17) is 0 Å². The van der Waals surface area contributed by atoms with Crippen LogP contribution in [0, 0.1) is 6.92 Å². The molecule has 0 heterocycles. The second-order valence-electron chi connectivity index (χ2n) is 4.79. The van der Waals surface area contributed by atoms with Gasteiger partial charge in [0.2, 0.25) is 0 Å². The van der Waals surface area contributed by atoms with Gasteiger partial charge in [-0.2, -0.15) is 0 Å². The van der Waals surface area contributed by atoms with E-state index in [0.717, 1.165) is 0 Å². The van der Waals surface area contributed by atoms with E-state index in [0.29, 0.717) is 15.0 Å². The Hall–Kier alpha value is -1.04. The third kappa shape index (κ3) is 3.21. The standard InChI is InChI=1S/C16H18Se/c1-13-9-11-15(12-10-13)17-16(2,3)14-7-5-4-6-8-14/h4-12H,1-3H3. The molecule has 0 aliphatic carbocycles. The van der Waals surface area contributed by atoms with Crippen LogP contribution in [0.2, 0.25) is 0 Å². The van der Waals surface area contributed by atoms with Crippen molar-refractivity contribution in [3.05, 3.63) is 65.7 Å². The summed E-state index contributed by atoms with van der Waals surface area (Å²) in [5, 5.41) is 0. The van der Waals surface area contributed by atoms with Crippen LogP contribution in [0.4, 0.5) is 0 Å². The van der Waals surface area contributed by atoms with E-state index in [1.165, 1.54) is 15.6 Å². The van der Waals surface area contributed by atoms with Gasteiger partial charge in [-0.05, 0) is 0 Å². The minimum absolute atomic E-state index is 0.253. The Morgan fingerprint density at radius 3 is 2.00 bits per heavy atom. The molecule has 2 aromatic carbocycles. The molecule has 0 radical (unpaired) electrons. The molecule has 0 bridgehead atoms. The molecule has 0 saturated carbocycles. The van der Waals surface area contributed by atoms with Crippen LogP contribution in [-0.4, -0.2) is 15.0 Å². The molecule has 0 unspecified atom stereocenters. The number of benzene rings is 2. The van der Waals surface area contributed by atoms with Crippen LogP contribution >= 0.6 is 0 Å². The number of hydrogen-bond donors (Lipinski definition) is 0. The van der Waals surface area contributed by atoms with Gasteiger partial charge in [0.15, 0.2) is 0 Å². The Morgan fingerprint density at radius 2 is 1.41 bits per heavy atom. The maximum atomic E-state index is 2.34. The van der Waals surface area contributed by atoms with Crippen molar-refractivity contribution in [3.8, 4) is 0 Å². The minimum atomic E-state index is 0.253. The van der Waals surface area contributed by atoms with Crippen LogP contribution < -0.4 is 4.46 Å². The molecule has 2 rings (SSSR count). The first-order valence-corrected chi connectivity index (χ1v) is 7.60. The van der Waals surface area contributed by atoms with E-state index in [2.05, 4.69) is 75.4 Å². The molecular formula is C16H18Se. The molecule has 0 aliphatic rings. The fourth-order valence-electron chi connectivity index (χ4n) is 1.80. The van der Waals surface area contributed by atoms with Crippen LogP contribution in [0.1, 0.15) is 25.0 Å². The van der Waals surface area contributed by atoms with Gasteiger partial charge >= 0.3 is 110 Å². The first-order valence-electron chi connectivity index (χ1n) is 5.89. The summed E-state index contributed by atoms with van der Waals surface area (Å²) in [7, 11) is 0. The average Bonchev–Trinajstić information content (AvgIpc) is 2.33. The van der Waals surface area contributed by atoms with E-state index in [9.17, 15) is 0 Å². The van der Waals surface area contributed by atoms with Crippen molar-refractivity contribution in [2.45, 2.75) is 25.1 Å². The third-order valence-electron chi connectivity index (χ3n) is 2.86. The van der Waals surface area contributed by atoms with Gasteiger partial charge in [0.05, 0.1) is 0 Å². The van der Waals surface area contributed by atoms with Gasteiger partial charge in [0.25, 0.3) is 0 Å². The summed E-state index contributed by atoms with van der Waals surface area (Å²) in [4.78, 5) is 0. The van der Waals surface area contributed by atoms with E-state index < -0.39 is 0 Å². The first kappa shape index (κ1) is 12.4. The molecule has 0 nitrogen and oxygen atoms in total. The predicted molar refractivity (Wildman–Crippen MR) is 76.0 cm³/mol. The van der Waals surface area contributed by atoms with Crippen molar-refractivity contribution < 1.29 is 0 Å². The van der Waals surface area contributed by atoms with Crippen LogP contribution in [-0.2, 0) is 4.31 Å². The number of rotatable bonds is 3. The van der Waals surface area contributed by atoms with Crippen molar-refractivity contribution >= 4 is 19.4 Å². The fraction of sp³-hybridized carbons (Fsp3) is 0.250. The van der Waals surface area contributed by atoms with Crippen LogP contribution in [0.5, 0.6) is 0 Å². The van der Waals surface area contributed by atoms with Gasteiger partial charge in [0.1, 0.15) is 0 Å². The fourth-order valence-corrected chi connectivity index (χ4v) is 4.14. The van der Waals surface area contributed by atoms with E-state index in [1.807, 2.05) is 0 Å². The van der Waals surface area contributed by atoms with Gasteiger partial charge < -0.3 is 0 Å². The van der Waals surface area contributed by atoms with Gasteiger partial charge in [-0.3, -0.25) is 0 Å². The second kappa shape index (κ2) is 5.08. The maximum absolute atomic E-state index is 2.34. The molecule has 88 valence electrons. The van der Waals surface area contributed by atoms with Crippen molar-refractivity contribution in [3.63, 3.8) is 0 Å². The Bertz CT molecular complexity index is 469. The van der Waals surface area contributed by atoms with Gasteiger partial charge in [-0.1, -0.05) is 0 Å². The van der Waals surface area contributed by atoms with Crippen molar-refractivity contribution in [1.29, 1.82) is 0 Å². The Morgan fingerprint density at radius 1 is 0.824 bits per heavy atom. The number of hydrogen-bond acceptors (Lipinski definition) is 0. The average molecular weight is 289 g/mol. The molecule has 0 atom stereocenters. The normalized spacial score (nSPS) is 11.5. The third-order valence-corrected chi connectivity index (χ3v) is 5.49. The van der Waals surface area contributed by atoms with Crippen LogP contribution in [0.3, 0.4) is 0 Å². The summed E-state index contributed by atoms with van der Waals surface area (Å²) in [5.41, 5.74) is 2.77. The zero-order valence-electron chi connectivity index (χ0n) is 10.6. The topological polar surface area (TPSA) is 0 Å². The molecule has 0 N–H and O–H groups in total. The molecule has 2 aromatic rings. The van der Waals surface area contributed by atoms with Crippen molar-refractivity contribution in [2.75, 3.05) is 0 Å². The van der Waals surface area contributed by atoms with Crippen molar-refractivity contribution in [1.82, 2.24) is 0 Å². The van der Waals surface area contributed by atoms with Crippen molar-refractivity contribution in [2.24, 2.45) is 0 Å². The predicted octanol–water partition coefficient (Wildman–Crippen LogP) is 3.26. The molecule has 0 spiro atoms. The molecule has 0 fully saturated rings. The van der Waals surface area contributed by atoms with E-state index in [-0.39, 0.29) is 4.31 Å². The van der Waals surface area contributed by atoms with Gasteiger partial charge in [-0.15, -0.1) is 0 Å². The van der Waals surface area contributed by atoms with Crippen LogP contribution in [0.15, 0.2) is 54.6 Å². The van der Waals surface area contributed by atoms with Crippen LogP contribution in [0.25, 0.3) is 0 Å². The summed E-state index contributed by atoms with van der Waals surface area (Å²) >= 11 is 0.460. The molecule has 1 heteroatoms. The Balaban J connectivity index is 2.20. The summed E-state index contributed by atoms with van der Waals surface area (Å²) in [6.45, 7) is 6.81. The first-order chi connectivity index (χ1) is 8.08. The summed E-state index contributed by atoms with van der Waals surface area (Å²) in [6.07, 6.45) is 0. The summed E-state index contributed by atoms with van der Waals surface area (Å²) < 4.78 is 1.72. The number of aryl methyl sites for hydroxylation is 1. The summed E-state index contributed by atoms with van der Waals surface area (Å²) in [5.74, 6) is 0. The Labute approximate surface area is 110 Å². The zero-order chi connectivity index (χ0) is 12.3. The summed E-state index contributed by atoms with van der Waals surface area (Å²) in [6, 6.07) is 19.7. The second-order valence-corrected chi connectivity index (χ2v) is 8.35. The monoisotopic (exact) mass is 290 g/mol. The molecule has 0 aliphatic heterocycles. The SMILES string of the molecule is Cc1ccc([Se]C(C)(C)c2ccccc2)cc1. The molecular weight excluding hydrogens is 271 g/mol.